The molecule has 0 bridgehead atoms. The fourth-order valence-electron chi connectivity index (χ4n) is 1.11. The fraction of sp³-hybridized carbons (Fsp3) is 0.364. The van der Waals surface area contributed by atoms with Crippen LogP contribution in [0.4, 0.5) is 0 Å². The highest BCUT2D eigenvalue weighted by molar-refractivity contribution is 6.36. The van der Waals surface area contributed by atoms with Crippen molar-refractivity contribution in [2.45, 2.75) is 19.4 Å². The van der Waals surface area contributed by atoms with Gasteiger partial charge in [-0.3, -0.25) is 0 Å². The third-order valence-corrected chi connectivity index (χ3v) is 2.31. The van der Waals surface area contributed by atoms with E-state index >= 15 is 0 Å². The van der Waals surface area contributed by atoms with Crippen LogP contribution >= 0.6 is 23.2 Å². The molecule has 0 radical (unpaired) electrons. The molecule has 0 spiro atoms. The molecule has 0 unspecified atom stereocenters. The third kappa shape index (κ3) is 4.07. The molecule has 1 aromatic rings. The van der Waals surface area contributed by atoms with Crippen molar-refractivity contribution in [2.24, 2.45) is 0 Å². The minimum Gasteiger partial charge on any atom is -0.488 e. The van der Waals surface area contributed by atoms with E-state index in [2.05, 4.69) is 0 Å². The quantitative estimate of drug-likeness (QED) is 0.889. The van der Waals surface area contributed by atoms with E-state index in [0.29, 0.717) is 0 Å². The van der Waals surface area contributed by atoms with Gasteiger partial charge in [-0.2, -0.15) is 0 Å². The van der Waals surface area contributed by atoms with Crippen molar-refractivity contribution in [1.82, 2.24) is 0 Å². The summed E-state index contributed by atoms with van der Waals surface area (Å²) in [6.07, 6.45) is 0. The summed E-state index contributed by atoms with van der Waals surface area (Å²) in [5.41, 5.74) is -1.22. The first-order chi connectivity index (χ1) is 7.70. The van der Waals surface area contributed by atoms with Crippen LogP contribution < -0.4 is 4.74 Å². The van der Waals surface area contributed by atoms with Crippen LogP contribution in [-0.4, -0.2) is 28.4 Å². The molecule has 0 heterocycles. The molecular weight excluding hydrogens is 267 g/mol. The molecule has 1 aromatic carbocycles. The number of aliphatic hydroxyl groups is 1. The number of carboxylic acids is 1. The summed E-state index contributed by atoms with van der Waals surface area (Å²) in [6.45, 7) is 3.00. The van der Waals surface area contributed by atoms with Gasteiger partial charge < -0.3 is 14.9 Å². The van der Waals surface area contributed by atoms with Gasteiger partial charge in [-0.25, -0.2) is 4.79 Å². The fourth-order valence-corrected chi connectivity index (χ4v) is 1.66. The summed E-state index contributed by atoms with van der Waals surface area (Å²) < 4.78 is 5.23. The molecule has 0 fully saturated rings. The minimum atomic E-state index is -1.19. The van der Waals surface area contributed by atoms with Crippen LogP contribution in [0.3, 0.4) is 0 Å². The van der Waals surface area contributed by atoms with Gasteiger partial charge in [0.05, 0.1) is 10.6 Å². The third-order valence-electron chi connectivity index (χ3n) is 1.81. The van der Waals surface area contributed by atoms with E-state index in [4.69, 9.17) is 33.0 Å². The molecule has 0 aliphatic heterocycles. The number of ether oxygens (including phenoxy) is 1. The average Bonchev–Trinajstić information content (AvgIpc) is 2.13. The highest BCUT2D eigenvalue weighted by Gasteiger charge is 2.20. The lowest BCUT2D eigenvalue weighted by Crippen LogP contribution is -2.28. The highest BCUT2D eigenvalue weighted by Crippen LogP contribution is 2.32. The monoisotopic (exact) mass is 278 g/mol. The standard InChI is InChI=1S/C11H12Cl2O4/c1-11(2,16)5-17-9-7(10(14)15)3-6(12)4-8(9)13/h3-4,16H,5H2,1-2H3,(H,14,15). The summed E-state index contributed by atoms with van der Waals surface area (Å²) in [7, 11) is 0. The maximum atomic E-state index is 11.0. The van der Waals surface area contributed by atoms with Gasteiger partial charge in [0.2, 0.25) is 0 Å². The molecule has 6 heteroatoms. The van der Waals surface area contributed by atoms with Gasteiger partial charge >= 0.3 is 5.97 Å². The predicted molar refractivity (Wildman–Crippen MR) is 65.2 cm³/mol. The SMILES string of the molecule is CC(C)(O)COc1c(Cl)cc(Cl)cc1C(=O)O. The van der Waals surface area contributed by atoms with Crippen LogP contribution in [0.15, 0.2) is 12.1 Å². The first-order valence-corrected chi connectivity index (χ1v) is 5.54. The van der Waals surface area contributed by atoms with Crippen molar-refractivity contribution >= 4 is 29.2 Å². The van der Waals surface area contributed by atoms with Gasteiger partial charge in [0, 0.05) is 5.02 Å². The summed E-state index contributed by atoms with van der Waals surface area (Å²) >= 11 is 11.6. The summed E-state index contributed by atoms with van der Waals surface area (Å²) in [4.78, 5) is 11.0. The Morgan fingerprint density at radius 2 is 2.00 bits per heavy atom. The number of hydrogen-bond acceptors (Lipinski definition) is 3. The zero-order valence-electron chi connectivity index (χ0n) is 9.33. The van der Waals surface area contributed by atoms with E-state index in [-0.39, 0.29) is 28.0 Å². The van der Waals surface area contributed by atoms with Crippen LogP contribution in [0.5, 0.6) is 5.75 Å². The molecule has 0 aliphatic carbocycles. The first-order valence-electron chi connectivity index (χ1n) is 4.78. The first kappa shape index (κ1) is 14.1. The second kappa shape index (κ2) is 5.12. The summed E-state index contributed by atoms with van der Waals surface area (Å²) in [5, 5.41) is 18.8. The Hall–Kier alpha value is -0.970. The molecule has 2 N–H and O–H groups in total. The molecule has 4 nitrogen and oxygen atoms in total. The lowest BCUT2D eigenvalue weighted by Gasteiger charge is -2.19. The molecule has 0 atom stereocenters. The zero-order chi connectivity index (χ0) is 13.2. The minimum absolute atomic E-state index is 0.00527. The Kier molecular flexibility index (Phi) is 4.25. The molecule has 0 aromatic heterocycles. The van der Waals surface area contributed by atoms with Gasteiger partial charge in [-0.15, -0.1) is 0 Å². The number of hydrogen-bond donors (Lipinski definition) is 2. The van der Waals surface area contributed by atoms with Gasteiger partial charge in [0.25, 0.3) is 0 Å². The molecule has 0 aliphatic rings. The number of carbonyl (C=O) groups is 1. The maximum absolute atomic E-state index is 11.0. The van der Waals surface area contributed by atoms with E-state index in [1.165, 1.54) is 26.0 Å². The summed E-state index contributed by atoms with van der Waals surface area (Å²) in [5.74, 6) is -1.19. The van der Waals surface area contributed by atoms with Gasteiger partial charge in [0.15, 0.2) is 5.75 Å². The number of rotatable bonds is 4. The number of halogens is 2. The van der Waals surface area contributed by atoms with Gasteiger partial charge in [0.1, 0.15) is 12.2 Å². The lowest BCUT2D eigenvalue weighted by atomic mass is 10.1. The van der Waals surface area contributed by atoms with Crippen molar-refractivity contribution in [3.05, 3.63) is 27.7 Å². The average molecular weight is 279 g/mol. The van der Waals surface area contributed by atoms with Crippen molar-refractivity contribution in [2.75, 3.05) is 6.61 Å². The van der Waals surface area contributed by atoms with Crippen LogP contribution in [-0.2, 0) is 0 Å². The van der Waals surface area contributed by atoms with Crippen molar-refractivity contribution in [1.29, 1.82) is 0 Å². The lowest BCUT2D eigenvalue weighted by molar-refractivity contribution is 0.0276. The van der Waals surface area contributed by atoms with Crippen LogP contribution in [0.2, 0.25) is 10.0 Å². The van der Waals surface area contributed by atoms with Crippen LogP contribution in [0.1, 0.15) is 24.2 Å². The zero-order valence-corrected chi connectivity index (χ0v) is 10.8. The largest absolute Gasteiger partial charge is 0.488 e. The molecule has 0 saturated heterocycles. The van der Waals surface area contributed by atoms with E-state index in [0.717, 1.165) is 0 Å². The Morgan fingerprint density at radius 1 is 1.41 bits per heavy atom. The Labute approximate surface area is 109 Å². The molecular formula is C11H12Cl2O4. The molecule has 0 saturated carbocycles. The Balaban J connectivity index is 3.09. The molecule has 0 amide bonds. The maximum Gasteiger partial charge on any atom is 0.339 e. The van der Waals surface area contributed by atoms with E-state index in [1.54, 1.807) is 0 Å². The van der Waals surface area contributed by atoms with E-state index < -0.39 is 11.6 Å². The van der Waals surface area contributed by atoms with Gasteiger partial charge in [-0.05, 0) is 26.0 Å². The summed E-state index contributed by atoms with van der Waals surface area (Å²) in [6, 6.07) is 2.63. The van der Waals surface area contributed by atoms with Crippen molar-refractivity contribution < 1.29 is 19.7 Å². The van der Waals surface area contributed by atoms with E-state index in [9.17, 15) is 9.90 Å². The smallest absolute Gasteiger partial charge is 0.339 e. The second-order valence-electron chi connectivity index (χ2n) is 4.17. The Bertz CT molecular complexity index is 438. The normalized spacial score (nSPS) is 11.4. The van der Waals surface area contributed by atoms with Crippen molar-refractivity contribution in [3.8, 4) is 5.75 Å². The van der Waals surface area contributed by atoms with Crippen LogP contribution in [0, 0.1) is 0 Å². The number of benzene rings is 1. The molecule has 94 valence electrons. The number of aromatic carboxylic acids is 1. The van der Waals surface area contributed by atoms with E-state index in [1.807, 2.05) is 0 Å². The van der Waals surface area contributed by atoms with Crippen molar-refractivity contribution in [3.63, 3.8) is 0 Å². The predicted octanol–water partition coefficient (Wildman–Crippen LogP) is 2.84. The number of carboxylic acid groups (broad SMARTS) is 1. The molecule has 17 heavy (non-hydrogen) atoms. The highest BCUT2D eigenvalue weighted by atomic mass is 35.5. The second-order valence-corrected chi connectivity index (χ2v) is 5.01. The van der Waals surface area contributed by atoms with Crippen LogP contribution in [0.25, 0.3) is 0 Å². The Morgan fingerprint density at radius 3 is 2.47 bits per heavy atom. The van der Waals surface area contributed by atoms with Gasteiger partial charge in [-0.1, -0.05) is 23.2 Å². The molecule has 1 rings (SSSR count). The topological polar surface area (TPSA) is 66.8 Å².